The number of thiophene rings is 1. The molecule has 0 bridgehead atoms. The van der Waals surface area contributed by atoms with Gasteiger partial charge in [-0.2, -0.15) is 5.10 Å². The standard InChI is InChI=1S/C29H30ClN5OS/c30-22-13-11-20(12-14-22)17-31-33-29-32-27-26(28(36)35(29)23-9-5-2-6-10-23)24-15-16-34(19-25(24)37-27)18-21-7-3-1-4-8-21/h1,3-4,7-8,11-14,17,23H,2,5-6,9-10,15-16,18-19H2,(H,32,33)/b31-17+. The Balaban J connectivity index is 1.34. The van der Waals surface area contributed by atoms with Crippen LogP contribution in [0.2, 0.25) is 5.02 Å². The second kappa shape index (κ2) is 10.8. The summed E-state index contributed by atoms with van der Waals surface area (Å²) >= 11 is 7.66. The summed E-state index contributed by atoms with van der Waals surface area (Å²) in [5.41, 5.74) is 6.63. The number of aromatic nitrogens is 2. The lowest BCUT2D eigenvalue weighted by atomic mass is 9.95. The Morgan fingerprint density at radius 1 is 1.08 bits per heavy atom. The Bertz CT molecular complexity index is 1470. The molecule has 2 aromatic carbocycles. The van der Waals surface area contributed by atoms with Crippen molar-refractivity contribution in [2.45, 2.75) is 57.7 Å². The highest BCUT2D eigenvalue weighted by Gasteiger charge is 2.28. The van der Waals surface area contributed by atoms with Gasteiger partial charge in [0.1, 0.15) is 4.83 Å². The van der Waals surface area contributed by atoms with Gasteiger partial charge in [0, 0.05) is 35.6 Å². The van der Waals surface area contributed by atoms with Crippen molar-refractivity contribution in [2.75, 3.05) is 12.0 Å². The number of fused-ring (bicyclic) bond motifs is 3. The molecule has 6 nitrogen and oxygen atoms in total. The van der Waals surface area contributed by atoms with Crippen LogP contribution in [0.15, 0.2) is 64.5 Å². The Hall–Kier alpha value is -3.00. The van der Waals surface area contributed by atoms with Crippen LogP contribution in [0.1, 0.15) is 59.7 Å². The maximum Gasteiger partial charge on any atom is 0.264 e. The maximum atomic E-state index is 14.0. The fourth-order valence-corrected chi connectivity index (χ4v) is 6.93. The van der Waals surface area contributed by atoms with Crippen molar-refractivity contribution in [2.24, 2.45) is 5.10 Å². The van der Waals surface area contributed by atoms with Gasteiger partial charge in [0.25, 0.3) is 5.56 Å². The molecule has 1 aliphatic carbocycles. The van der Waals surface area contributed by atoms with Crippen molar-refractivity contribution >= 4 is 45.3 Å². The molecule has 1 N–H and O–H groups in total. The summed E-state index contributed by atoms with van der Waals surface area (Å²) in [7, 11) is 0. The summed E-state index contributed by atoms with van der Waals surface area (Å²) in [5, 5.41) is 5.95. The van der Waals surface area contributed by atoms with Crippen molar-refractivity contribution in [3.63, 3.8) is 0 Å². The van der Waals surface area contributed by atoms with E-state index in [4.69, 9.17) is 16.6 Å². The van der Waals surface area contributed by atoms with E-state index in [1.807, 2.05) is 28.8 Å². The molecule has 1 fully saturated rings. The molecule has 0 unspecified atom stereocenters. The van der Waals surface area contributed by atoms with E-state index in [1.165, 1.54) is 22.4 Å². The molecule has 8 heteroatoms. The third kappa shape index (κ3) is 5.21. The SMILES string of the molecule is O=c1c2c3c(sc2nc(N/N=C/c2ccc(Cl)cc2)n1C1CCCCC1)CN(Cc1ccccc1)CC3. The van der Waals surface area contributed by atoms with E-state index in [-0.39, 0.29) is 11.6 Å². The van der Waals surface area contributed by atoms with Gasteiger partial charge in [-0.1, -0.05) is 73.3 Å². The van der Waals surface area contributed by atoms with E-state index in [0.717, 1.165) is 67.5 Å². The van der Waals surface area contributed by atoms with E-state index in [2.05, 4.69) is 45.8 Å². The van der Waals surface area contributed by atoms with Crippen molar-refractivity contribution in [3.8, 4) is 0 Å². The normalized spacial score (nSPS) is 16.9. The van der Waals surface area contributed by atoms with Crippen molar-refractivity contribution in [3.05, 3.63) is 91.5 Å². The van der Waals surface area contributed by atoms with Crippen LogP contribution < -0.4 is 11.0 Å². The first-order valence-corrected chi connectivity index (χ1v) is 14.2. The third-order valence-corrected chi connectivity index (χ3v) is 8.79. The molecule has 0 radical (unpaired) electrons. The Morgan fingerprint density at radius 2 is 1.86 bits per heavy atom. The van der Waals surface area contributed by atoms with Gasteiger partial charge in [0.15, 0.2) is 0 Å². The van der Waals surface area contributed by atoms with Gasteiger partial charge < -0.3 is 0 Å². The number of rotatable bonds is 6. The van der Waals surface area contributed by atoms with Gasteiger partial charge in [-0.15, -0.1) is 11.3 Å². The fraction of sp³-hybridized carbons (Fsp3) is 0.345. The molecule has 1 aliphatic heterocycles. The first-order valence-electron chi connectivity index (χ1n) is 13.0. The molecule has 2 aliphatic rings. The lowest BCUT2D eigenvalue weighted by molar-refractivity contribution is 0.249. The number of nitrogens with zero attached hydrogens (tertiary/aromatic N) is 4. The van der Waals surface area contributed by atoms with Crippen LogP contribution in [0, 0.1) is 0 Å². The Kier molecular flexibility index (Phi) is 7.09. The van der Waals surface area contributed by atoms with E-state index < -0.39 is 0 Å². The molecule has 2 aromatic heterocycles. The first-order chi connectivity index (χ1) is 18.2. The van der Waals surface area contributed by atoms with Crippen LogP contribution in [0.5, 0.6) is 0 Å². The number of anilines is 1. The number of halogens is 1. The molecule has 0 saturated heterocycles. The summed E-state index contributed by atoms with van der Waals surface area (Å²) in [6, 6.07) is 18.2. The van der Waals surface area contributed by atoms with E-state index >= 15 is 0 Å². The van der Waals surface area contributed by atoms with Crippen LogP contribution in [-0.4, -0.2) is 27.2 Å². The van der Waals surface area contributed by atoms with Crippen LogP contribution >= 0.6 is 22.9 Å². The van der Waals surface area contributed by atoms with Crippen LogP contribution in [0.3, 0.4) is 0 Å². The first kappa shape index (κ1) is 24.3. The smallest absolute Gasteiger partial charge is 0.264 e. The zero-order chi connectivity index (χ0) is 25.2. The molecule has 37 heavy (non-hydrogen) atoms. The average molecular weight is 532 g/mol. The number of benzene rings is 2. The molecule has 4 aromatic rings. The number of hydrazone groups is 1. The topological polar surface area (TPSA) is 62.5 Å². The van der Waals surface area contributed by atoms with Crippen molar-refractivity contribution in [1.29, 1.82) is 0 Å². The highest BCUT2D eigenvalue weighted by molar-refractivity contribution is 7.18. The minimum absolute atomic E-state index is 0.0788. The molecular weight excluding hydrogens is 502 g/mol. The minimum Gasteiger partial charge on any atom is -0.294 e. The third-order valence-electron chi connectivity index (χ3n) is 7.42. The summed E-state index contributed by atoms with van der Waals surface area (Å²) in [6.07, 6.45) is 8.12. The molecule has 3 heterocycles. The summed E-state index contributed by atoms with van der Waals surface area (Å²) in [6.45, 7) is 2.72. The molecule has 6 rings (SSSR count). The summed E-state index contributed by atoms with van der Waals surface area (Å²) in [5.74, 6) is 0.536. The van der Waals surface area contributed by atoms with Crippen molar-refractivity contribution < 1.29 is 0 Å². The van der Waals surface area contributed by atoms with Gasteiger partial charge in [-0.05, 0) is 48.1 Å². The van der Waals surface area contributed by atoms with Gasteiger partial charge in [-0.3, -0.25) is 14.3 Å². The lowest BCUT2D eigenvalue weighted by Gasteiger charge is -2.27. The Morgan fingerprint density at radius 3 is 2.65 bits per heavy atom. The summed E-state index contributed by atoms with van der Waals surface area (Å²) in [4.78, 5) is 23.6. The maximum absolute atomic E-state index is 14.0. The number of hydrogen-bond donors (Lipinski definition) is 1. The zero-order valence-corrected chi connectivity index (χ0v) is 22.3. The molecule has 0 atom stereocenters. The quantitative estimate of drug-likeness (QED) is 0.224. The molecule has 190 valence electrons. The highest BCUT2D eigenvalue weighted by Crippen LogP contribution is 2.36. The van der Waals surface area contributed by atoms with E-state index in [9.17, 15) is 4.79 Å². The molecule has 1 saturated carbocycles. The zero-order valence-electron chi connectivity index (χ0n) is 20.7. The van der Waals surface area contributed by atoms with Crippen molar-refractivity contribution in [1.82, 2.24) is 14.5 Å². The predicted octanol–water partition coefficient (Wildman–Crippen LogP) is 6.62. The molecule has 0 amide bonds. The van der Waals surface area contributed by atoms with Gasteiger partial charge >= 0.3 is 0 Å². The number of nitrogens with one attached hydrogen (secondary N) is 1. The fourth-order valence-electron chi connectivity index (χ4n) is 5.55. The molecular formula is C29H30ClN5OS. The summed E-state index contributed by atoms with van der Waals surface area (Å²) < 4.78 is 1.89. The number of hydrogen-bond acceptors (Lipinski definition) is 6. The monoisotopic (exact) mass is 531 g/mol. The van der Waals surface area contributed by atoms with Gasteiger partial charge in [0.05, 0.1) is 11.6 Å². The van der Waals surface area contributed by atoms with Crippen LogP contribution in [-0.2, 0) is 19.5 Å². The van der Waals surface area contributed by atoms with Gasteiger partial charge in [0.2, 0.25) is 5.95 Å². The van der Waals surface area contributed by atoms with E-state index in [1.54, 1.807) is 17.6 Å². The van der Waals surface area contributed by atoms with E-state index in [0.29, 0.717) is 11.0 Å². The molecule has 0 spiro atoms. The van der Waals surface area contributed by atoms with Crippen LogP contribution in [0.25, 0.3) is 10.2 Å². The van der Waals surface area contributed by atoms with Gasteiger partial charge in [-0.25, -0.2) is 10.4 Å². The second-order valence-electron chi connectivity index (χ2n) is 9.95. The highest BCUT2D eigenvalue weighted by atomic mass is 35.5. The second-order valence-corrected chi connectivity index (χ2v) is 11.5. The lowest BCUT2D eigenvalue weighted by Crippen LogP contribution is -2.31. The Labute approximate surface area is 225 Å². The predicted molar refractivity (Wildman–Crippen MR) is 153 cm³/mol. The minimum atomic E-state index is 0.0788. The average Bonchev–Trinajstić information content (AvgIpc) is 3.29. The largest absolute Gasteiger partial charge is 0.294 e. The van der Waals surface area contributed by atoms with Crippen LogP contribution in [0.4, 0.5) is 5.95 Å².